The van der Waals surface area contributed by atoms with E-state index in [0.717, 1.165) is 6.07 Å². The summed E-state index contributed by atoms with van der Waals surface area (Å²) in [6.07, 6.45) is 5.48. The number of piperidine rings is 1. The van der Waals surface area contributed by atoms with Gasteiger partial charge in [-0.25, -0.2) is 23.7 Å². The number of nitrogens with two attached hydrogens (primary N) is 1. The molecule has 2 aromatic heterocycles. The Morgan fingerprint density at radius 1 is 1.24 bits per heavy atom. The molecule has 0 radical (unpaired) electrons. The fourth-order valence-corrected chi connectivity index (χ4v) is 3.68. The lowest BCUT2D eigenvalue weighted by Crippen LogP contribution is -2.39. The van der Waals surface area contributed by atoms with Crippen LogP contribution in [0, 0.1) is 23.0 Å². The molecule has 1 aromatic carbocycles. The highest BCUT2D eigenvalue weighted by atomic mass is 19.1. The van der Waals surface area contributed by atoms with Crippen LogP contribution < -0.4 is 15.4 Å². The monoisotopic (exact) mass is 449 g/mol. The van der Waals surface area contributed by atoms with E-state index < -0.39 is 11.6 Å². The van der Waals surface area contributed by atoms with E-state index in [1.807, 2.05) is 11.0 Å². The van der Waals surface area contributed by atoms with Gasteiger partial charge in [-0.1, -0.05) is 0 Å². The van der Waals surface area contributed by atoms with Crippen LogP contribution in [0.5, 0.6) is 5.75 Å². The van der Waals surface area contributed by atoms with E-state index in [0.29, 0.717) is 54.0 Å². The summed E-state index contributed by atoms with van der Waals surface area (Å²) in [4.78, 5) is 19.6. The van der Waals surface area contributed by atoms with Crippen molar-refractivity contribution in [1.29, 1.82) is 5.26 Å². The Labute approximate surface area is 189 Å². The number of anilines is 1. The number of hydrogen-bond acceptors (Lipinski definition) is 8. The summed E-state index contributed by atoms with van der Waals surface area (Å²) in [5.74, 6) is -0.740. The van der Waals surface area contributed by atoms with E-state index in [4.69, 9.17) is 20.4 Å². The molecule has 0 aliphatic carbocycles. The molecule has 0 saturated carbocycles. The highest BCUT2D eigenvalue weighted by Gasteiger charge is 2.26. The van der Waals surface area contributed by atoms with Crippen LogP contribution in [-0.2, 0) is 0 Å². The van der Waals surface area contributed by atoms with Crippen molar-refractivity contribution in [3.05, 3.63) is 59.7 Å². The van der Waals surface area contributed by atoms with Gasteiger partial charge in [0.2, 0.25) is 0 Å². The van der Waals surface area contributed by atoms with Crippen LogP contribution in [0.3, 0.4) is 0 Å². The van der Waals surface area contributed by atoms with Gasteiger partial charge in [0.25, 0.3) is 0 Å². The fourth-order valence-electron chi connectivity index (χ4n) is 3.68. The summed E-state index contributed by atoms with van der Waals surface area (Å²) < 4.78 is 32.9. The zero-order valence-corrected chi connectivity index (χ0v) is 17.9. The second-order valence-electron chi connectivity index (χ2n) is 7.45. The third-order valence-electron chi connectivity index (χ3n) is 5.30. The molecule has 2 N–H and O–H groups in total. The van der Waals surface area contributed by atoms with Crippen molar-refractivity contribution in [2.24, 2.45) is 10.7 Å². The lowest BCUT2D eigenvalue weighted by atomic mass is 10.1. The molecule has 0 spiro atoms. The van der Waals surface area contributed by atoms with Crippen LogP contribution >= 0.6 is 0 Å². The average molecular weight is 449 g/mol. The molecule has 8 nitrogen and oxygen atoms in total. The number of nitriles is 1. The first-order valence-corrected chi connectivity index (χ1v) is 10.3. The van der Waals surface area contributed by atoms with Gasteiger partial charge in [-0.3, -0.25) is 4.99 Å². The molecular weight excluding hydrogens is 428 g/mol. The smallest absolute Gasteiger partial charge is 0.167 e. The number of aromatic nitrogens is 3. The van der Waals surface area contributed by atoms with E-state index in [1.165, 1.54) is 24.5 Å². The van der Waals surface area contributed by atoms with Crippen molar-refractivity contribution in [3.8, 4) is 11.8 Å². The van der Waals surface area contributed by atoms with E-state index in [9.17, 15) is 14.0 Å². The summed E-state index contributed by atoms with van der Waals surface area (Å²) in [7, 11) is 1.63. The molecule has 4 rings (SSSR count). The standard InChI is InChI=1S/C23H21F2N7O/c1-28-12-14(10-26)22-23(31-19-9-16(11-27)29-13-20(19)30-22)32-6-4-17(5-7-32)33-21-3-2-15(24)8-18(21)25/h2-3,8-10,12-13,17H,4-7,26H2,1H3/b14-10+,28-12?. The number of rotatable bonds is 5. The van der Waals surface area contributed by atoms with Crippen LogP contribution in [-0.4, -0.2) is 47.4 Å². The third kappa shape index (κ3) is 4.72. The molecule has 0 unspecified atom stereocenters. The van der Waals surface area contributed by atoms with E-state index in [1.54, 1.807) is 19.3 Å². The van der Waals surface area contributed by atoms with Crippen molar-refractivity contribution in [3.63, 3.8) is 0 Å². The molecule has 0 bridgehead atoms. The van der Waals surface area contributed by atoms with Crippen molar-refractivity contribution < 1.29 is 13.5 Å². The fraction of sp³-hybridized carbons (Fsp3) is 0.261. The largest absolute Gasteiger partial charge is 0.487 e. The second kappa shape index (κ2) is 9.56. The normalized spacial score (nSPS) is 15.2. The Kier molecular flexibility index (Phi) is 6.40. The van der Waals surface area contributed by atoms with Crippen LogP contribution in [0.15, 0.2) is 41.7 Å². The van der Waals surface area contributed by atoms with Crippen molar-refractivity contribution in [2.45, 2.75) is 18.9 Å². The Hall–Kier alpha value is -4.13. The van der Waals surface area contributed by atoms with Gasteiger partial charge >= 0.3 is 0 Å². The predicted octanol–water partition coefficient (Wildman–Crippen LogP) is 3.22. The first-order chi connectivity index (χ1) is 16.0. The molecular formula is C23H21F2N7O. The van der Waals surface area contributed by atoms with Crippen LogP contribution in [0.4, 0.5) is 14.6 Å². The van der Waals surface area contributed by atoms with Gasteiger partial charge in [-0.05, 0) is 12.1 Å². The van der Waals surface area contributed by atoms with Crippen LogP contribution in [0.1, 0.15) is 24.2 Å². The molecule has 10 heteroatoms. The summed E-state index contributed by atoms with van der Waals surface area (Å²) in [5.41, 5.74) is 8.29. The van der Waals surface area contributed by atoms with E-state index in [2.05, 4.69) is 9.98 Å². The topological polar surface area (TPSA) is 113 Å². The highest BCUT2D eigenvalue weighted by Crippen LogP contribution is 2.29. The number of aliphatic imine (C=N–C) groups is 1. The number of pyridine rings is 1. The minimum Gasteiger partial charge on any atom is -0.487 e. The molecule has 3 heterocycles. The minimum atomic E-state index is -0.724. The zero-order chi connectivity index (χ0) is 23.4. The Morgan fingerprint density at radius 2 is 2.03 bits per heavy atom. The van der Waals surface area contributed by atoms with Crippen LogP contribution in [0.2, 0.25) is 0 Å². The lowest BCUT2D eigenvalue weighted by molar-refractivity contribution is 0.163. The minimum absolute atomic E-state index is 0.0325. The first-order valence-electron chi connectivity index (χ1n) is 10.3. The molecule has 168 valence electrons. The average Bonchev–Trinajstić information content (AvgIpc) is 2.83. The highest BCUT2D eigenvalue weighted by molar-refractivity contribution is 6.11. The molecule has 0 atom stereocenters. The number of benzene rings is 1. The number of ether oxygens (including phenoxy) is 1. The SMILES string of the molecule is CN=C/C(=C\N)c1nc2cnc(C#N)cc2nc1N1CCC(Oc2ccc(F)cc2F)CC1. The number of halogens is 2. The second-order valence-corrected chi connectivity index (χ2v) is 7.45. The molecule has 1 fully saturated rings. The Morgan fingerprint density at radius 3 is 2.70 bits per heavy atom. The van der Waals surface area contributed by atoms with Gasteiger partial charge in [-0.2, -0.15) is 5.26 Å². The summed E-state index contributed by atoms with van der Waals surface area (Å²) in [6, 6.07) is 6.87. The van der Waals surface area contributed by atoms with Gasteiger partial charge in [-0.15, -0.1) is 0 Å². The molecule has 33 heavy (non-hydrogen) atoms. The number of fused-ring (bicyclic) bond motifs is 1. The Bertz CT molecular complexity index is 1280. The first kappa shape index (κ1) is 22.1. The predicted molar refractivity (Wildman–Crippen MR) is 121 cm³/mol. The number of allylic oxidation sites excluding steroid dienone is 1. The maximum Gasteiger partial charge on any atom is 0.167 e. The number of nitrogens with zero attached hydrogens (tertiary/aromatic N) is 6. The van der Waals surface area contributed by atoms with Gasteiger partial charge in [0.05, 0.1) is 11.7 Å². The number of hydrogen-bond donors (Lipinski definition) is 1. The van der Waals surface area contributed by atoms with Gasteiger partial charge in [0.15, 0.2) is 17.4 Å². The summed E-state index contributed by atoms with van der Waals surface area (Å²) in [5, 5.41) is 9.18. The van der Waals surface area contributed by atoms with Crippen molar-refractivity contribution in [2.75, 3.05) is 25.0 Å². The maximum atomic E-state index is 14.0. The summed E-state index contributed by atoms with van der Waals surface area (Å²) >= 11 is 0. The van der Waals surface area contributed by atoms with Gasteiger partial charge in [0, 0.05) is 63.1 Å². The lowest BCUT2D eigenvalue weighted by Gasteiger charge is -2.34. The van der Waals surface area contributed by atoms with Gasteiger partial charge < -0.3 is 15.4 Å². The van der Waals surface area contributed by atoms with Crippen molar-refractivity contribution in [1.82, 2.24) is 15.0 Å². The molecule has 0 amide bonds. The maximum absolute atomic E-state index is 14.0. The zero-order valence-electron chi connectivity index (χ0n) is 17.9. The molecule has 3 aromatic rings. The third-order valence-corrected chi connectivity index (χ3v) is 5.30. The van der Waals surface area contributed by atoms with E-state index >= 15 is 0 Å². The van der Waals surface area contributed by atoms with Gasteiger partial charge in [0.1, 0.15) is 34.9 Å². The molecule has 1 aliphatic heterocycles. The van der Waals surface area contributed by atoms with E-state index in [-0.39, 0.29) is 17.5 Å². The van der Waals surface area contributed by atoms with Crippen LogP contribution in [0.25, 0.3) is 16.6 Å². The van der Waals surface area contributed by atoms with Crippen molar-refractivity contribution >= 4 is 28.6 Å². The molecule has 1 saturated heterocycles. The summed E-state index contributed by atoms with van der Waals surface area (Å²) in [6.45, 7) is 1.13. The quantitative estimate of drug-likeness (QED) is 0.595. The molecule has 1 aliphatic rings. The Balaban J connectivity index is 1.62.